The van der Waals surface area contributed by atoms with Gasteiger partial charge in [-0.1, -0.05) is 13.3 Å². The van der Waals surface area contributed by atoms with Gasteiger partial charge < -0.3 is 14.6 Å². The molecule has 0 saturated heterocycles. The Bertz CT molecular complexity index is 539. The van der Waals surface area contributed by atoms with Crippen LogP contribution in [0.15, 0.2) is 11.6 Å². The molecule has 116 valence electrons. The fourth-order valence-corrected chi connectivity index (χ4v) is 4.93. The van der Waals surface area contributed by atoms with E-state index in [4.69, 9.17) is 9.47 Å². The van der Waals surface area contributed by atoms with E-state index in [1.54, 1.807) is 0 Å². The Morgan fingerprint density at radius 1 is 1.38 bits per heavy atom. The molecule has 5 nitrogen and oxygen atoms in total. The molecular formula is C16H22O5. The summed E-state index contributed by atoms with van der Waals surface area (Å²) < 4.78 is 10.2. The lowest BCUT2D eigenvalue weighted by Crippen LogP contribution is -2.56. The van der Waals surface area contributed by atoms with Crippen LogP contribution in [0.5, 0.6) is 0 Å². The van der Waals surface area contributed by atoms with E-state index >= 15 is 0 Å². The lowest BCUT2D eigenvalue weighted by Gasteiger charge is -2.56. The predicted molar refractivity (Wildman–Crippen MR) is 73.9 cm³/mol. The van der Waals surface area contributed by atoms with Gasteiger partial charge in [0.05, 0.1) is 12.5 Å². The molecule has 1 N–H and O–H groups in total. The van der Waals surface area contributed by atoms with Crippen molar-refractivity contribution in [3.63, 3.8) is 0 Å². The molecular weight excluding hydrogens is 272 g/mol. The molecule has 3 aliphatic rings. The third-order valence-corrected chi connectivity index (χ3v) is 5.92. The molecule has 0 spiro atoms. The number of rotatable bonds is 1. The normalized spacial score (nSPS) is 45.2. The molecule has 5 heteroatoms. The second-order valence-corrected chi connectivity index (χ2v) is 7.03. The summed E-state index contributed by atoms with van der Waals surface area (Å²) >= 11 is 0. The summed E-state index contributed by atoms with van der Waals surface area (Å²) in [6, 6.07) is 0. The first-order valence-corrected chi connectivity index (χ1v) is 7.53. The minimum atomic E-state index is -1.48. The molecule has 4 atom stereocenters. The quantitative estimate of drug-likeness (QED) is 0.748. The van der Waals surface area contributed by atoms with Crippen molar-refractivity contribution in [3.05, 3.63) is 11.6 Å². The maximum absolute atomic E-state index is 12.3. The monoisotopic (exact) mass is 294 g/mol. The van der Waals surface area contributed by atoms with Crippen molar-refractivity contribution in [1.82, 2.24) is 0 Å². The van der Waals surface area contributed by atoms with Crippen molar-refractivity contribution in [2.75, 3.05) is 7.11 Å². The number of hydrogen-bond acceptors (Lipinski definition) is 5. The summed E-state index contributed by atoms with van der Waals surface area (Å²) in [4.78, 5) is 24.0. The van der Waals surface area contributed by atoms with Gasteiger partial charge in [-0.15, -0.1) is 0 Å². The standard InChI is InChI=1S/C16H22O5/c1-14-6-4-7-15(2,13(18)20-3)10(14)5-8-16(19)11(14)9-12(17)21-16/h9-10,19H,4-8H2,1-3H3/t10-,14-,15-,16+/m0/s1. The zero-order valence-corrected chi connectivity index (χ0v) is 12.8. The molecule has 0 aromatic heterocycles. The molecule has 1 heterocycles. The Balaban J connectivity index is 2.06. The lowest BCUT2D eigenvalue weighted by molar-refractivity contribution is -0.207. The first-order valence-electron chi connectivity index (χ1n) is 7.53. The van der Waals surface area contributed by atoms with Gasteiger partial charge in [0.1, 0.15) is 0 Å². The number of esters is 2. The molecule has 1 aliphatic heterocycles. The fraction of sp³-hybridized carbons (Fsp3) is 0.750. The van der Waals surface area contributed by atoms with Crippen molar-refractivity contribution in [2.24, 2.45) is 16.7 Å². The zero-order valence-electron chi connectivity index (χ0n) is 12.8. The molecule has 3 rings (SSSR count). The Kier molecular flexibility index (Phi) is 3.00. The highest BCUT2D eigenvalue weighted by atomic mass is 16.7. The van der Waals surface area contributed by atoms with E-state index in [2.05, 4.69) is 0 Å². The fourth-order valence-electron chi connectivity index (χ4n) is 4.93. The van der Waals surface area contributed by atoms with E-state index < -0.39 is 22.6 Å². The van der Waals surface area contributed by atoms with Crippen LogP contribution in [0.3, 0.4) is 0 Å². The third kappa shape index (κ3) is 1.79. The minimum Gasteiger partial charge on any atom is -0.469 e. The Morgan fingerprint density at radius 3 is 2.76 bits per heavy atom. The number of carbonyl (C=O) groups excluding carboxylic acids is 2. The number of carbonyl (C=O) groups is 2. The highest BCUT2D eigenvalue weighted by Gasteiger charge is 2.63. The van der Waals surface area contributed by atoms with Crippen LogP contribution < -0.4 is 0 Å². The van der Waals surface area contributed by atoms with E-state index in [0.717, 1.165) is 19.3 Å². The number of ether oxygens (including phenoxy) is 2. The van der Waals surface area contributed by atoms with E-state index in [9.17, 15) is 14.7 Å². The second-order valence-electron chi connectivity index (χ2n) is 7.03. The van der Waals surface area contributed by atoms with E-state index in [1.165, 1.54) is 13.2 Å². The lowest BCUT2D eigenvalue weighted by atomic mass is 9.48. The highest BCUT2D eigenvalue weighted by molar-refractivity contribution is 5.87. The van der Waals surface area contributed by atoms with Crippen LogP contribution in [0, 0.1) is 16.7 Å². The van der Waals surface area contributed by atoms with Crippen molar-refractivity contribution in [2.45, 2.75) is 51.7 Å². The molecule has 0 amide bonds. The van der Waals surface area contributed by atoms with Gasteiger partial charge in [-0.25, -0.2) is 4.79 Å². The van der Waals surface area contributed by atoms with Crippen LogP contribution in [0.25, 0.3) is 0 Å². The minimum absolute atomic E-state index is 0.0484. The molecule has 0 unspecified atom stereocenters. The van der Waals surface area contributed by atoms with Gasteiger partial charge in [0.2, 0.25) is 5.79 Å². The average molecular weight is 294 g/mol. The summed E-state index contributed by atoms with van der Waals surface area (Å²) in [7, 11) is 1.42. The molecule has 0 aromatic rings. The first-order chi connectivity index (χ1) is 9.76. The molecule has 2 saturated carbocycles. The van der Waals surface area contributed by atoms with Gasteiger partial charge in [0.15, 0.2) is 0 Å². The number of methoxy groups -OCH3 is 1. The third-order valence-electron chi connectivity index (χ3n) is 5.92. The predicted octanol–water partition coefficient (Wildman–Crippen LogP) is 1.94. The topological polar surface area (TPSA) is 72.8 Å². The van der Waals surface area contributed by atoms with Gasteiger partial charge in [-0.3, -0.25) is 4.79 Å². The van der Waals surface area contributed by atoms with Crippen molar-refractivity contribution >= 4 is 11.9 Å². The van der Waals surface area contributed by atoms with Crippen molar-refractivity contribution < 1.29 is 24.2 Å². The largest absolute Gasteiger partial charge is 0.469 e. The average Bonchev–Trinajstić information content (AvgIpc) is 2.73. The summed E-state index contributed by atoms with van der Waals surface area (Å²) in [5, 5.41) is 10.6. The van der Waals surface area contributed by atoms with E-state index in [-0.39, 0.29) is 11.9 Å². The van der Waals surface area contributed by atoms with Crippen LogP contribution in [0.4, 0.5) is 0 Å². The second kappa shape index (κ2) is 4.32. The molecule has 2 aliphatic carbocycles. The smallest absolute Gasteiger partial charge is 0.333 e. The molecule has 0 radical (unpaired) electrons. The highest BCUT2D eigenvalue weighted by Crippen LogP contribution is 2.63. The molecule has 0 bridgehead atoms. The van der Waals surface area contributed by atoms with Crippen LogP contribution in [0.1, 0.15) is 46.0 Å². The van der Waals surface area contributed by atoms with E-state index in [1.807, 2.05) is 13.8 Å². The summed E-state index contributed by atoms with van der Waals surface area (Å²) in [6.07, 6.45) is 4.89. The summed E-state index contributed by atoms with van der Waals surface area (Å²) in [6.45, 7) is 3.99. The number of fused-ring (bicyclic) bond motifs is 3. The van der Waals surface area contributed by atoms with Gasteiger partial charge in [0.25, 0.3) is 0 Å². The maximum atomic E-state index is 12.3. The molecule has 0 aromatic carbocycles. The Morgan fingerprint density at radius 2 is 2.10 bits per heavy atom. The van der Waals surface area contributed by atoms with Crippen LogP contribution in [-0.2, 0) is 19.1 Å². The molecule has 2 fully saturated rings. The summed E-state index contributed by atoms with van der Waals surface area (Å²) in [5.74, 6) is -2.11. The zero-order chi connectivity index (χ0) is 15.5. The van der Waals surface area contributed by atoms with Gasteiger partial charge >= 0.3 is 11.9 Å². The Labute approximate surface area is 124 Å². The van der Waals surface area contributed by atoms with Gasteiger partial charge in [0, 0.05) is 18.1 Å². The van der Waals surface area contributed by atoms with E-state index in [0.29, 0.717) is 18.4 Å². The van der Waals surface area contributed by atoms with Crippen LogP contribution >= 0.6 is 0 Å². The number of hydrogen-bond donors (Lipinski definition) is 1. The SMILES string of the molecule is COC(=O)[C@@]1(C)CCC[C@]2(C)C3=CC(=O)O[C@]3(O)CC[C@H]12. The summed E-state index contributed by atoms with van der Waals surface area (Å²) in [5.41, 5.74) is -0.332. The van der Waals surface area contributed by atoms with Gasteiger partial charge in [-0.2, -0.15) is 0 Å². The van der Waals surface area contributed by atoms with Crippen molar-refractivity contribution in [1.29, 1.82) is 0 Å². The maximum Gasteiger partial charge on any atom is 0.333 e. The van der Waals surface area contributed by atoms with Crippen molar-refractivity contribution in [3.8, 4) is 0 Å². The van der Waals surface area contributed by atoms with Gasteiger partial charge in [-0.05, 0) is 37.5 Å². The first kappa shape index (κ1) is 14.6. The van der Waals surface area contributed by atoms with Crippen LogP contribution in [0.2, 0.25) is 0 Å². The van der Waals surface area contributed by atoms with Crippen LogP contribution in [-0.4, -0.2) is 29.9 Å². The molecule has 21 heavy (non-hydrogen) atoms. The Hall–Kier alpha value is -1.36. The number of aliphatic hydroxyl groups is 1.